The van der Waals surface area contributed by atoms with E-state index in [9.17, 15) is 0 Å². The van der Waals surface area contributed by atoms with E-state index in [1.807, 2.05) is 0 Å². The second-order valence-corrected chi connectivity index (χ2v) is 1.34. The van der Waals surface area contributed by atoms with E-state index in [1.165, 1.54) is 0 Å². The molecule has 0 unspecified atom stereocenters. The third-order valence-corrected chi connectivity index (χ3v) is 0. The van der Waals surface area contributed by atoms with Gasteiger partial charge in [-0.3, -0.25) is 0 Å². The first-order valence-corrected chi connectivity index (χ1v) is 2.19. The SMILES string of the molecule is O=P([O-])([O-])[O-].[Ca+2].[Li+]. The van der Waals surface area contributed by atoms with Gasteiger partial charge < -0.3 is 19.2 Å². The molecule has 4 nitrogen and oxygen atoms in total. The summed E-state index contributed by atoms with van der Waals surface area (Å²) in [6.45, 7) is 0. The summed E-state index contributed by atoms with van der Waals surface area (Å²) >= 11 is 0. The number of hydrogen-bond donors (Lipinski definition) is 0. The fourth-order valence-electron chi connectivity index (χ4n) is 0. The maximum atomic E-state index is 8.55. The van der Waals surface area contributed by atoms with Crippen LogP contribution in [0, 0.1) is 0 Å². The quantitative estimate of drug-likeness (QED) is 0.248. The predicted octanol–water partition coefficient (Wildman–Crippen LogP) is -6.20. The van der Waals surface area contributed by atoms with Crippen LogP contribution in [-0.4, -0.2) is 37.7 Å². The maximum Gasteiger partial charge on any atom is 2.00 e. The molecule has 0 saturated heterocycles. The Balaban J connectivity index is -0.0000000800. The van der Waals surface area contributed by atoms with Crippen molar-refractivity contribution in [3.05, 3.63) is 0 Å². The van der Waals surface area contributed by atoms with Gasteiger partial charge in [0, 0.05) is 0 Å². The minimum absolute atomic E-state index is 0. The van der Waals surface area contributed by atoms with E-state index >= 15 is 0 Å². The van der Waals surface area contributed by atoms with E-state index in [2.05, 4.69) is 0 Å². The van der Waals surface area contributed by atoms with Gasteiger partial charge in [-0.25, -0.2) is 0 Å². The molecular formula is CaLiO4P. The van der Waals surface area contributed by atoms with Crippen LogP contribution < -0.4 is 33.5 Å². The zero-order valence-electron chi connectivity index (χ0n) is 3.79. The first-order valence-electron chi connectivity index (χ1n) is 0.730. The number of phosphoric acid groups is 1. The van der Waals surface area contributed by atoms with Crippen molar-refractivity contribution in [2.45, 2.75) is 0 Å². The van der Waals surface area contributed by atoms with Crippen molar-refractivity contribution in [3.8, 4) is 0 Å². The molecule has 0 atom stereocenters. The largest absolute Gasteiger partial charge is 2.00 e. The van der Waals surface area contributed by atoms with E-state index in [0.29, 0.717) is 0 Å². The molecule has 0 rings (SSSR count). The zero-order chi connectivity index (χ0) is 4.50. The van der Waals surface area contributed by atoms with Crippen molar-refractivity contribution in [2.75, 3.05) is 0 Å². The van der Waals surface area contributed by atoms with Crippen LogP contribution in [0.15, 0.2) is 0 Å². The van der Waals surface area contributed by atoms with Crippen molar-refractivity contribution in [2.24, 2.45) is 0 Å². The molecule has 0 saturated carbocycles. The standard InChI is InChI=1S/Ca.Li.H3O4P/c;;1-5(2,3)4/h;;(H3,1,2,3,4)/q+2;+1;/p-3. The predicted molar refractivity (Wildman–Crippen MR) is 13.4 cm³/mol. The van der Waals surface area contributed by atoms with E-state index < -0.39 is 7.82 Å². The minimum Gasteiger partial charge on any atom is -0.822 e. The van der Waals surface area contributed by atoms with Crippen LogP contribution in [0.1, 0.15) is 0 Å². The van der Waals surface area contributed by atoms with Gasteiger partial charge in [-0.05, 0) is 0 Å². The van der Waals surface area contributed by atoms with E-state index in [-0.39, 0.29) is 56.6 Å². The second-order valence-electron chi connectivity index (χ2n) is 0.447. The Bertz CT molecular complexity index is 57.8. The molecule has 7 heteroatoms. The Labute approximate surface area is 82.7 Å². The summed E-state index contributed by atoms with van der Waals surface area (Å²) in [4.78, 5) is 25.6. The summed E-state index contributed by atoms with van der Waals surface area (Å²) in [7, 11) is -5.39. The monoisotopic (exact) mass is 142 g/mol. The normalized spacial score (nSPS) is 8.43. The molecule has 0 aromatic heterocycles. The molecule has 0 fully saturated rings. The zero-order valence-corrected chi connectivity index (χ0v) is 6.89. The summed E-state index contributed by atoms with van der Waals surface area (Å²) in [6, 6.07) is 0. The molecule has 0 aromatic rings. The van der Waals surface area contributed by atoms with E-state index in [0.717, 1.165) is 0 Å². The van der Waals surface area contributed by atoms with Crippen LogP contribution in [0.5, 0.6) is 0 Å². The molecule has 7 heavy (non-hydrogen) atoms. The third kappa shape index (κ3) is 73.3. The summed E-state index contributed by atoms with van der Waals surface area (Å²) in [5.74, 6) is 0. The van der Waals surface area contributed by atoms with Crippen LogP contribution in [0.25, 0.3) is 0 Å². The average molecular weight is 142 g/mol. The smallest absolute Gasteiger partial charge is 0.822 e. The van der Waals surface area contributed by atoms with E-state index in [4.69, 9.17) is 19.2 Å². The van der Waals surface area contributed by atoms with Gasteiger partial charge in [0.15, 0.2) is 0 Å². The summed E-state index contributed by atoms with van der Waals surface area (Å²) in [5, 5.41) is 0. The van der Waals surface area contributed by atoms with Crippen molar-refractivity contribution >= 4 is 45.6 Å². The molecule has 0 spiro atoms. The van der Waals surface area contributed by atoms with Gasteiger partial charge in [-0.2, -0.15) is 7.82 Å². The van der Waals surface area contributed by atoms with Crippen molar-refractivity contribution < 1.29 is 38.1 Å². The second kappa shape index (κ2) is 6.09. The molecule has 0 heterocycles. The molecular weight excluding hydrogens is 142 g/mol. The van der Waals surface area contributed by atoms with Gasteiger partial charge in [0.1, 0.15) is 0 Å². The Morgan fingerprint density at radius 1 is 1.14 bits per heavy atom. The van der Waals surface area contributed by atoms with Crippen molar-refractivity contribution in [1.82, 2.24) is 0 Å². The molecule has 0 amide bonds. The van der Waals surface area contributed by atoms with Gasteiger partial charge in [-0.1, -0.05) is 0 Å². The maximum absolute atomic E-state index is 8.55. The molecule has 0 aliphatic carbocycles. The fraction of sp³-hybridized carbons (Fsp3) is 0. The molecule has 32 valence electrons. The van der Waals surface area contributed by atoms with Gasteiger partial charge >= 0.3 is 56.6 Å². The first-order chi connectivity index (χ1) is 2.00. The minimum atomic E-state index is -5.39. The van der Waals surface area contributed by atoms with Gasteiger partial charge in [0.25, 0.3) is 0 Å². The Morgan fingerprint density at radius 3 is 1.14 bits per heavy atom. The Kier molecular flexibility index (Phi) is 13.9. The average Bonchev–Trinajstić information content (AvgIpc) is 0.722. The molecule has 0 aromatic carbocycles. The third-order valence-electron chi connectivity index (χ3n) is 0. The first kappa shape index (κ1) is 16.0. The van der Waals surface area contributed by atoms with Gasteiger partial charge in [0.05, 0.1) is 0 Å². The van der Waals surface area contributed by atoms with Crippen molar-refractivity contribution in [1.29, 1.82) is 0 Å². The van der Waals surface area contributed by atoms with Crippen LogP contribution in [-0.2, 0) is 4.57 Å². The molecule has 0 aliphatic heterocycles. The summed E-state index contributed by atoms with van der Waals surface area (Å²) in [5.41, 5.74) is 0. The van der Waals surface area contributed by atoms with Crippen molar-refractivity contribution in [3.63, 3.8) is 0 Å². The molecule has 0 bridgehead atoms. The Morgan fingerprint density at radius 2 is 1.14 bits per heavy atom. The summed E-state index contributed by atoms with van der Waals surface area (Å²) < 4.78 is 8.55. The topological polar surface area (TPSA) is 86.2 Å². The Hall–Kier alpha value is 1.97. The molecule has 0 radical (unpaired) electrons. The molecule has 0 N–H and O–H groups in total. The number of rotatable bonds is 0. The van der Waals surface area contributed by atoms with Gasteiger partial charge in [-0.15, -0.1) is 0 Å². The van der Waals surface area contributed by atoms with E-state index in [1.54, 1.807) is 0 Å². The van der Waals surface area contributed by atoms with Crippen LogP contribution >= 0.6 is 7.82 Å². The number of hydrogen-bond acceptors (Lipinski definition) is 4. The molecule has 0 aliphatic rings. The van der Waals surface area contributed by atoms with Crippen LogP contribution in [0.2, 0.25) is 0 Å². The van der Waals surface area contributed by atoms with Crippen LogP contribution in [0.4, 0.5) is 0 Å². The summed E-state index contributed by atoms with van der Waals surface area (Å²) in [6.07, 6.45) is 0. The fourth-order valence-corrected chi connectivity index (χ4v) is 0. The van der Waals surface area contributed by atoms with Crippen LogP contribution in [0.3, 0.4) is 0 Å². The van der Waals surface area contributed by atoms with Gasteiger partial charge in [0.2, 0.25) is 0 Å².